The molecule has 2 aromatic rings. The van der Waals surface area contributed by atoms with Gasteiger partial charge in [-0.1, -0.05) is 18.2 Å². The summed E-state index contributed by atoms with van der Waals surface area (Å²) < 4.78 is 18.6. The van der Waals surface area contributed by atoms with Crippen molar-refractivity contribution in [2.45, 2.75) is 0 Å². The number of benzene rings is 2. The van der Waals surface area contributed by atoms with Crippen molar-refractivity contribution in [1.29, 1.82) is 0 Å². The molecule has 130 valence electrons. The summed E-state index contributed by atoms with van der Waals surface area (Å²) >= 11 is 0. The molecule has 1 heterocycles. The van der Waals surface area contributed by atoms with Crippen molar-refractivity contribution in [2.24, 2.45) is 0 Å². The standard InChI is InChI=1S/C19H19FN2O3/c1-25-17-8-7-15(13-16(17)20)19(24)22-11-9-21(10-12-22)18(23)14-5-3-2-4-6-14/h2-8,13H,9-12H2,1H3. The Balaban J connectivity index is 1.63. The Morgan fingerprint density at radius 1 is 0.880 bits per heavy atom. The molecule has 1 saturated heterocycles. The molecular weight excluding hydrogens is 323 g/mol. The number of amides is 2. The monoisotopic (exact) mass is 342 g/mol. The van der Waals surface area contributed by atoms with Crippen LogP contribution in [0.4, 0.5) is 4.39 Å². The van der Waals surface area contributed by atoms with E-state index in [0.717, 1.165) is 0 Å². The molecule has 0 aliphatic carbocycles. The van der Waals surface area contributed by atoms with E-state index in [9.17, 15) is 14.0 Å². The summed E-state index contributed by atoms with van der Waals surface area (Å²) in [6.07, 6.45) is 0. The molecule has 0 spiro atoms. The normalized spacial score (nSPS) is 14.3. The van der Waals surface area contributed by atoms with Crippen LogP contribution in [0.15, 0.2) is 48.5 Å². The van der Waals surface area contributed by atoms with Crippen molar-refractivity contribution in [2.75, 3.05) is 33.3 Å². The van der Waals surface area contributed by atoms with Gasteiger partial charge in [-0.3, -0.25) is 9.59 Å². The Morgan fingerprint density at radius 3 is 1.96 bits per heavy atom. The largest absolute Gasteiger partial charge is 0.494 e. The Kier molecular flexibility index (Phi) is 4.97. The predicted octanol–water partition coefficient (Wildman–Crippen LogP) is 2.43. The molecule has 0 unspecified atom stereocenters. The Morgan fingerprint density at radius 2 is 1.44 bits per heavy atom. The van der Waals surface area contributed by atoms with Gasteiger partial charge in [0.05, 0.1) is 7.11 Å². The molecule has 0 saturated carbocycles. The number of nitrogens with zero attached hydrogens (tertiary/aromatic N) is 2. The summed E-state index contributed by atoms with van der Waals surface area (Å²) in [4.78, 5) is 28.3. The summed E-state index contributed by atoms with van der Waals surface area (Å²) in [5, 5.41) is 0. The Bertz CT molecular complexity index is 771. The number of carbonyl (C=O) groups is 2. The number of ether oxygens (including phenoxy) is 1. The minimum atomic E-state index is -0.564. The zero-order valence-electron chi connectivity index (χ0n) is 13.9. The maximum atomic E-state index is 13.8. The summed E-state index contributed by atoms with van der Waals surface area (Å²) in [5.41, 5.74) is 0.917. The van der Waals surface area contributed by atoms with E-state index < -0.39 is 5.82 Å². The molecule has 0 bridgehead atoms. The van der Waals surface area contributed by atoms with Crippen LogP contribution in [-0.4, -0.2) is 54.9 Å². The lowest BCUT2D eigenvalue weighted by Crippen LogP contribution is -2.50. The number of hydrogen-bond acceptors (Lipinski definition) is 3. The van der Waals surface area contributed by atoms with Gasteiger partial charge in [-0.05, 0) is 30.3 Å². The molecule has 5 nitrogen and oxygen atoms in total. The van der Waals surface area contributed by atoms with E-state index in [1.807, 2.05) is 18.2 Å². The molecule has 1 fully saturated rings. The van der Waals surface area contributed by atoms with Gasteiger partial charge in [0.2, 0.25) is 0 Å². The lowest BCUT2D eigenvalue weighted by Gasteiger charge is -2.35. The van der Waals surface area contributed by atoms with E-state index >= 15 is 0 Å². The maximum absolute atomic E-state index is 13.8. The SMILES string of the molecule is COc1ccc(C(=O)N2CCN(C(=O)c3ccccc3)CC2)cc1F. The highest BCUT2D eigenvalue weighted by atomic mass is 19.1. The van der Waals surface area contributed by atoms with E-state index in [0.29, 0.717) is 31.7 Å². The van der Waals surface area contributed by atoms with Crippen LogP contribution in [0.5, 0.6) is 5.75 Å². The lowest BCUT2D eigenvalue weighted by atomic mass is 10.1. The molecule has 1 aliphatic heterocycles. The van der Waals surface area contributed by atoms with Gasteiger partial charge in [-0.25, -0.2) is 4.39 Å². The Labute approximate surface area is 145 Å². The molecule has 0 N–H and O–H groups in total. The molecule has 25 heavy (non-hydrogen) atoms. The van der Waals surface area contributed by atoms with Crippen LogP contribution in [0, 0.1) is 5.82 Å². The van der Waals surface area contributed by atoms with Crippen molar-refractivity contribution >= 4 is 11.8 Å². The smallest absolute Gasteiger partial charge is 0.254 e. The van der Waals surface area contributed by atoms with Crippen molar-refractivity contribution in [1.82, 2.24) is 9.80 Å². The van der Waals surface area contributed by atoms with Crippen molar-refractivity contribution in [3.05, 3.63) is 65.5 Å². The van der Waals surface area contributed by atoms with Gasteiger partial charge in [-0.15, -0.1) is 0 Å². The van der Waals surface area contributed by atoms with Crippen LogP contribution in [0.1, 0.15) is 20.7 Å². The van der Waals surface area contributed by atoms with Crippen LogP contribution in [-0.2, 0) is 0 Å². The summed E-state index contributed by atoms with van der Waals surface area (Å²) in [6.45, 7) is 1.76. The fraction of sp³-hybridized carbons (Fsp3) is 0.263. The first-order chi connectivity index (χ1) is 12.1. The fourth-order valence-corrected chi connectivity index (χ4v) is 2.86. The summed E-state index contributed by atoms with van der Waals surface area (Å²) in [6, 6.07) is 13.2. The van der Waals surface area contributed by atoms with E-state index in [1.54, 1.807) is 28.0 Å². The van der Waals surface area contributed by atoms with Crippen molar-refractivity contribution in [3.63, 3.8) is 0 Å². The van der Waals surface area contributed by atoms with Gasteiger partial charge < -0.3 is 14.5 Å². The van der Waals surface area contributed by atoms with Crippen LogP contribution >= 0.6 is 0 Å². The first-order valence-corrected chi connectivity index (χ1v) is 8.07. The van der Waals surface area contributed by atoms with Gasteiger partial charge in [0.15, 0.2) is 11.6 Å². The third-order valence-electron chi connectivity index (χ3n) is 4.27. The quantitative estimate of drug-likeness (QED) is 0.861. The number of rotatable bonds is 3. The number of halogens is 1. The highest BCUT2D eigenvalue weighted by molar-refractivity contribution is 5.96. The third-order valence-corrected chi connectivity index (χ3v) is 4.27. The maximum Gasteiger partial charge on any atom is 0.254 e. The second kappa shape index (κ2) is 7.34. The van der Waals surface area contributed by atoms with Gasteiger partial charge in [0.1, 0.15) is 0 Å². The van der Waals surface area contributed by atoms with Crippen LogP contribution in [0.3, 0.4) is 0 Å². The average Bonchev–Trinajstić information content (AvgIpc) is 2.67. The van der Waals surface area contributed by atoms with E-state index in [1.165, 1.54) is 19.2 Å². The number of hydrogen-bond donors (Lipinski definition) is 0. The first-order valence-electron chi connectivity index (χ1n) is 8.07. The molecule has 6 heteroatoms. The number of piperazine rings is 1. The zero-order valence-corrected chi connectivity index (χ0v) is 13.9. The van der Waals surface area contributed by atoms with Crippen molar-refractivity contribution in [3.8, 4) is 5.75 Å². The van der Waals surface area contributed by atoms with Gasteiger partial charge in [-0.2, -0.15) is 0 Å². The average molecular weight is 342 g/mol. The summed E-state index contributed by atoms with van der Waals surface area (Å²) in [5.74, 6) is -0.738. The van der Waals surface area contributed by atoms with Crippen LogP contribution in [0.25, 0.3) is 0 Å². The van der Waals surface area contributed by atoms with Crippen molar-refractivity contribution < 1.29 is 18.7 Å². The molecule has 2 amide bonds. The van der Waals surface area contributed by atoms with Crippen LogP contribution in [0.2, 0.25) is 0 Å². The van der Waals surface area contributed by atoms with E-state index in [4.69, 9.17) is 4.74 Å². The molecule has 1 aliphatic rings. The second-order valence-corrected chi connectivity index (χ2v) is 5.80. The third kappa shape index (κ3) is 3.63. The predicted molar refractivity (Wildman–Crippen MR) is 91.2 cm³/mol. The van der Waals surface area contributed by atoms with E-state index in [2.05, 4.69) is 0 Å². The van der Waals surface area contributed by atoms with E-state index in [-0.39, 0.29) is 23.1 Å². The molecule has 2 aromatic carbocycles. The van der Waals surface area contributed by atoms with Gasteiger partial charge in [0, 0.05) is 37.3 Å². The molecule has 3 rings (SSSR count). The fourth-order valence-electron chi connectivity index (χ4n) is 2.86. The lowest BCUT2D eigenvalue weighted by molar-refractivity contribution is 0.0535. The topological polar surface area (TPSA) is 49.9 Å². The highest BCUT2D eigenvalue weighted by Gasteiger charge is 2.25. The second-order valence-electron chi connectivity index (χ2n) is 5.80. The molecule has 0 aromatic heterocycles. The first kappa shape index (κ1) is 17.0. The zero-order chi connectivity index (χ0) is 17.8. The minimum absolute atomic E-state index is 0.0387. The van der Waals surface area contributed by atoms with Gasteiger partial charge >= 0.3 is 0 Å². The molecule has 0 radical (unpaired) electrons. The number of methoxy groups -OCH3 is 1. The Hall–Kier alpha value is -2.89. The minimum Gasteiger partial charge on any atom is -0.494 e. The molecular formula is C19H19FN2O3. The highest BCUT2D eigenvalue weighted by Crippen LogP contribution is 2.19. The summed E-state index contributed by atoms with van der Waals surface area (Å²) in [7, 11) is 1.38. The molecule has 0 atom stereocenters. The number of carbonyl (C=O) groups excluding carboxylic acids is 2. The van der Waals surface area contributed by atoms with Crippen LogP contribution < -0.4 is 4.74 Å². The van der Waals surface area contributed by atoms with Gasteiger partial charge in [0.25, 0.3) is 11.8 Å².